The Kier molecular flexibility index (Phi) is 4.87. The molecule has 3 rings (SSSR count). The lowest BCUT2D eigenvalue weighted by Crippen LogP contribution is -2.12. The highest BCUT2D eigenvalue weighted by atomic mass is 35.5. The molecule has 8 heteroatoms. The van der Waals surface area contributed by atoms with Gasteiger partial charge in [0.1, 0.15) is 0 Å². The van der Waals surface area contributed by atoms with Crippen molar-refractivity contribution in [3.8, 4) is 11.5 Å². The largest absolute Gasteiger partial charge is 0.490 e. The van der Waals surface area contributed by atoms with Crippen LogP contribution >= 0.6 is 11.6 Å². The number of ether oxygens (including phenoxy) is 2. The van der Waals surface area contributed by atoms with Crippen molar-refractivity contribution in [2.45, 2.75) is 11.3 Å². The molecule has 1 amide bonds. The lowest BCUT2D eigenvalue weighted by Gasteiger charge is -2.12. The van der Waals surface area contributed by atoms with Gasteiger partial charge in [0.25, 0.3) is 5.91 Å². The van der Waals surface area contributed by atoms with Gasteiger partial charge >= 0.3 is 0 Å². The van der Waals surface area contributed by atoms with E-state index in [2.05, 4.69) is 5.32 Å². The molecule has 0 radical (unpaired) electrons. The molecule has 6 nitrogen and oxygen atoms in total. The molecule has 0 saturated carbocycles. The summed E-state index contributed by atoms with van der Waals surface area (Å²) < 4.78 is 34.1. The van der Waals surface area contributed by atoms with Crippen LogP contribution in [-0.4, -0.2) is 33.8 Å². The van der Waals surface area contributed by atoms with E-state index in [-0.39, 0.29) is 4.90 Å². The lowest BCUT2D eigenvalue weighted by molar-refractivity contribution is 0.102. The number of sulfone groups is 1. The Morgan fingerprint density at radius 1 is 1.08 bits per heavy atom. The molecule has 25 heavy (non-hydrogen) atoms. The number of nitrogens with one attached hydrogen (secondary N) is 1. The lowest BCUT2D eigenvalue weighted by atomic mass is 10.2. The molecule has 0 unspecified atom stereocenters. The molecular formula is C17H16ClNO5S. The monoisotopic (exact) mass is 381 g/mol. The van der Waals surface area contributed by atoms with Gasteiger partial charge in [-0.15, -0.1) is 0 Å². The fourth-order valence-corrected chi connectivity index (χ4v) is 3.16. The van der Waals surface area contributed by atoms with Gasteiger partial charge in [0.15, 0.2) is 21.3 Å². The zero-order chi connectivity index (χ0) is 18.0. The number of anilines is 1. The molecule has 132 valence electrons. The average Bonchev–Trinajstić information content (AvgIpc) is 2.79. The topological polar surface area (TPSA) is 81.7 Å². The number of rotatable bonds is 3. The molecule has 0 atom stereocenters. The van der Waals surface area contributed by atoms with E-state index in [0.29, 0.717) is 41.0 Å². The highest BCUT2D eigenvalue weighted by Crippen LogP contribution is 2.37. The van der Waals surface area contributed by atoms with Crippen LogP contribution in [0.3, 0.4) is 0 Å². The number of carbonyl (C=O) groups is 1. The van der Waals surface area contributed by atoms with Gasteiger partial charge in [0.05, 0.1) is 28.8 Å². The molecular weight excluding hydrogens is 366 g/mol. The molecule has 0 spiro atoms. The maximum Gasteiger partial charge on any atom is 0.255 e. The van der Waals surface area contributed by atoms with Crippen LogP contribution < -0.4 is 14.8 Å². The SMILES string of the molecule is CS(=O)(=O)c1ccc(C(=O)Nc2cc3c(cc2Cl)OCCCO3)cc1. The molecule has 0 fully saturated rings. The highest BCUT2D eigenvalue weighted by molar-refractivity contribution is 7.90. The summed E-state index contributed by atoms with van der Waals surface area (Å²) in [5.41, 5.74) is 0.707. The molecule has 0 aromatic heterocycles. The van der Waals surface area contributed by atoms with E-state index in [0.717, 1.165) is 12.7 Å². The van der Waals surface area contributed by atoms with Crippen molar-refractivity contribution in [1.82, 2.24) is 0 Å². The van der Waals surface area contributed by atoms with Crippen molar-refractivity contribution >= 4 is 33.0 Å². The summed E-state index contributed by atoms with van der Waals surface area (Å²) in [6.45, 7) is 1.07. The zero-order valence-electron chi connectivity index (χ0n) is 13.4. The Hall–Kier alpha value is -2.25. The van der Waals surface area contributed by atoms with Gasteiger partial charge in [-0.25, -0.2) is 8.42 Å². The Labute approximate surface area is 150 Å². The summed E-state index contributed by atoms with van der Waals surface area (Å²) >= 11 is 6.20. The van der Waals surface area contributed by atoms with Crippen LogP contribution in [0.4, 0.5) is 5.69 Å². The first-order valence-electron chi connectivity index (χ1n) is 7.55. The van der Waals surface area contributed by atoms with E-state index in [1.54, 1.807) is 12.1 Å². The summed E-state index contributed by atoms with van der Waals surface area (Å²) in [5, 5.41) is 3.02. The Morgan fingerprint density at radius 2 is 1.68 bits per heavy atom. The minimum absolute atomic E-state index is 0.151. The maximum absolute atomic E-state index is 12.4. The van der Waals surface area contributed by atoms with Gasteiger partial charge < -0.3 is 14.8 Å². The first kappa shape index (κ1) is 17.6. The normalized spacial score (nSPS) is 13.8. The first-order valence-corrected chi connectivity index (χ1v) is 9.82. The van der Waals surface area contributed by atoms with E-state index < -0.39 is 15.7 Å². The van der Waals surface area contributed by atoms with Crippen molar-refractivity contribution < 1.29 is 22.7 Å². The van der Waals surface area contributed by atoms with Crippen LogP contribution in [0.1, 0.15) is 16.8 Å². The maximum atomic E-state index is 12.4. The quantitative estimate of drug-likeness (QED) is 0.883. The minimum atomic E-state index is -3.31. The Bertz CT molecular complexity index is 909. The third-order valence-electron chi connectivity index (χ3n) is 3.63. The fourth-order valence-electron chi connectivity index (χ4n) is 2.33. The van der Waals surface area contributed by atoms with Gasteiger partial charge in [-0.05, 0) is 24.3 Å². The second-order valence-corrected chi connectivity index (χ2v) is 8.00. The first-order chi connectivity index (χ1) is 11.8. The molecule has 1 heterocycles. The molecule has 0 bridgehead atoms. The summed E-state index contributed by atoms with van der Waals surface area (Å²) in [5.74, 6) is 0.652. The molecule has 0 saturated heterocycles. The summed E-state index contributed by atoms with van der Waals surface area (Å²) in [7, 11) is -3.31. The van der Waals surface area contributed by atoms with Gasteiger partial charge in [-0.2, -0.15) is 0 Å². The molecule has 1 aliphatic heterocycles. The molecule has 2 aromatic rings. The zero-order valence-corrected chi connectivity index (χ0v) is 15.0. The predicted molar refractivity (Wildman–Crippen MR) is 94.6 cm³/mol. The Morgan fingerprint density at radius 3 is 2.28 bits per heavy atom. The van der Waals surface area contributed by atoms with Crippen LogP contribution in [0.2, 0.25) is 5.02 Å². The number of hydrogen-bond donors (Lipinski definition) is 1. The van der Waals surface area contributed by atoms with E-state index in [9.17, 15) is 13.2 Å². The van der Waals surface area contributed by atoms with Gasteiger partial charge in [-0.3, -0.25) is 4.79 Å². The molecule has 1 N–H and O–H groups in total. The Balaban J connectivity index is 1.82. The molecule has 2 aromatic carbocycles. The predicted octanol–water partition coefficient (Wildman–Crippen LogP) is 3.16. The van der Waals surface area contributed by atoms with Crippen molar-refractivity contribution in [2.24, 2.45) is 0 Å². The van der Waals surface area contributed by atoms with Crippen molar-refractivity contribution in [2.75, 3.05) is 24.8 Å². The minimum Gasteiger partial charge on any atom is -0.490 e. The van der Waals surface area contributed by atoms with E-state index >= 15 is 0 Å². The third-order valence-corrected chi connectivity index (χ3v) is 5.07. The van der Waals surface area contributed by atoms with Crippen molar-refractivity contribution in [3.05, 3.63) is 47.0 Å². The second kappa shape index (κ2) is 6.93. The van der Waals surface area contributed by atoms with E-state index in [1.807, 2.05) is 0 Å². The van der Waals surface area contributed by atoms with Crippen LogP contribution in [-0.2, 0) is 9.84 Å². The van der Waals surface area contributed by atoms with Crippen LogP contribution in [0.5, 0.6) is 11.5 Å². The van der Waals surface area contributed by atoms with Crippen molar-refractivity contribution in [3.63, 3.8) is 0 Å². The van der Waals surface area contributed by atoms with Crippen LogP contribution in [0.15, 0.2) is 41.3 Å². The van der Waals surface area contributed by atoms with Crippen LogP contribution in [0, 0.1) is 0 Å². The van der Waals surface area contributed by atoms with Gasteiger partial charge in [-0.1, -0.05) is 11.6 Å². The van der Waals surface area contributed by atoms with E-state index in [4.69, 9.17) is 21.1 Å². The number of amides is 1. The number of carbonyl (C=O) groups excluding carboxylic acids is 1. The van der Waals surface area contributed by atoms with Gasteiger partial charge in [0, 0.05) is 30.4 Å². The van der Waals surface area contributed by atoms with Crippen LogP contribution in [0.25, 0.3) is 0 Å². The van der Waals surface area contributed by atoms with Crippen molar-refractivity contribution in [1.29, 1.82) is 0 Å². The number of benzene rings is 2. The average molecular weight is 382 g/mol. The fraction of sp³-hybridized carbons (Fsp3) is 0.235. The number of hydrogen-bond acceptors (Lipinski definition) is 5. The third kappa shape index (κ3) is 4.05. The molecule has 0 aliphatic carbocycles. The van der Waals surface area contributed by atoms with E-state index in [1.165, 1.54) is 24.3 Å². The number of fused-ring (bicyclic) bond motifs is 1. The summed E-state index contributed by atoms with van der Waals surface area (Å²) in [6, 6.07) is 8.89. The van der Waals surface area contributed by atoms with Gasteiger partial charge in [0.2, 0.25) is 0 Å². The smallest absolute Gasteiger partial charge is 0.255 e. The summed E-state index contributed by atoms with van der Waals surface area (Å²) in [6.07, 6.45) is 1.88. The summed E-state index contributed by atoms with van der Waals surface area (Å²) in [4.78, 5) is 12.5. The second-order valence-electron chi connectivity index (χ2n) is 5.58. The number of halogens is 1. The standard InChI is InChI=1S/C17H16ClNO5S/c1-25(21,22)12-5-3-11(4-6-12)17(20)19-14-10-16-15(9-13(14)18)23-7-2-8-24-16/h3-6,9-10H,2,7-8H2,1H3,(H,19,20). The highest BCUT2D eigenvalue weighted by Gasteiger charge is 2.16. The molecule has 1 aliphatic rings.